The van der Waals surface area contributed by atoms with Crippen LogP contribution < -0.4 is 10.1 Å². The zero-order chi connectivity index (χ0) is 17.6. The quantitative estimate of drug-likeness (QED) is 0.889. The molecule has 25 heavy (non-hydrogen) atoms. The fraction of sp³-hybridized carbons (Fsp3) is 0.579. The van der Waals surface area contributed by atoms with E-state index in [1.165, 1.54) is 12.1 Å². The summed E-state index contributed by atoms with van der Waals surface area (Å²) >= 11 is 0. The van der Waals surface area contributed by atoms with E-state index in [4.69, 9.17) is 4.74 Å². The topological polar surface area (TPSA) is 58.6 Å². The van der Waals surface area contributed by atoms with Gasteiger partial charge in [-0.25, -0.2) is 4.39 Å². The fourth-order valence-corrected chi connectivity index (χ4v) is 3.57. The van der Waals surface area contributed by atoms with Crippen LogP contribution in [0.4, 0.5) is 4.39 Å². The van der Waals surface area contributed by atoms with E-state index in [2.05, 4.69) is 5.32 Å². The van der Waals surface area contributed by atoms with Crippen LogP contribution in [0.15, 0.2) is 24.3 Å². The summed E-state index contributed by atoms with van der Waals surface area (Å²) in [5.74, 6) is 0.219. The van der Waals surface area contributed by atoms with Crippen molar-refractivity contribution in [3.63, 3.8) is 0 Å². The van der Waals surface area contributed by atoms with Gasteiger partial charge in [0.05, 0.1) is 0 Å². The van der Waals surface area contributed by atoms with Crippen LogP contribution in [0.5, 0.6) is 5.75 Å². The predicted octanol–water partition coefficient (Wildman–Crippen LogP) is 2.50. The summed E-state index contributed by atoms with van der Waals surface area (Å²) in [7, 11) is 0. The maximum atomic E-state index is 13.1. The fourth-order valence-electron chi connectivity index (χ4n) is 3.57. The van der Waals surface area contributed by atoms with Crippen molar-refractivity contribution in [2.75, 3.05) is 19.7 Å². The lowest BCUT2D eigenvalue weighted by Crippen LogP contribution is -2.48. The number of hydrogen-bond acceptors (Lipinski definition) is 3. The van der Waals surface area contributed by atoms with E-state index in [-0.39, 0.29) is 36.2 Å². The summed E-state index contributed by atoms with van der Waals surface area (Å²) in [5.41, 5.74) is 0. The highest BCUT2D eigenvalue weighted by Crippen LogP contribution is 2.25. The Kier molecular flexibility index (Phi) is 5.89. The minimum Gasteiger partial charge on any atom is -0.484 e. The Bertz CT molecular complexity index is 608. The normalized spacial score (nSPS) is 19.0. The molecule has 0 aromatic heterocycles. The van der Waals surface area contributed by atoms with Crippen molar-refractivity contribution < 1.29 is 18.7 Å². The van der Waals surface area contributed by atoms with Crippen molar-refractivity contribution in [3.8, 4) is 5.75 Å². The van der Waals surface area contributed by atoms with Crippen molar-refractivity contribution in [3.05, 3.63) is 30.1 Å². The van der Waals surface area contributed by atoms with Gasteiger partial charge < -0.3 is 15.0 Å². The van der Waals surface area contributed by atoms with Crippen LogP contribution in [0, 0.1) is 11.7 Å². The molecule has 1 aliphatic heterocycles. The molecule has 1 N–H and O–H groups in total. The molecule has 3 rings (SSSR count). The molecule has 0 atom stereocenters. The molecular weight excluding hydrogens is 323 g/mol. The SMILES string of the molecule is O=C(NC1CCN(C(=O)COc2cccc(F)c2)CC1)C1CCCC1. The number of halogens is 1. The molecule has 0 radical (unpaired) electrons. The number of benzene rings is 1. The molecule has 2 amide bonds. The Balaban J connectivity index is 1.39. The van der Waals surface area contributed by atoms with Gasteiger partial charge in [0.1, 0.15) is 11.6 Å². The highest BCUT2D eigenvalue weighted by atomic mass is 19.1. The highest BCUT2D eigenvalue weighted by Gasteiger charge is 2.28. The van der Waals surface area contributed by atoms with Crippen molar-refractivity contribution in [1.82, 2.24) is 10.2 Å². The molecule has 1 aromatic carbocycles. The number of piperidine rings is 1. The van der Waals surface area contributed by atoms with Gasteiger partial charge in [-0.1, -0.05) is 18.9 Å². The Morgan fingerprint density at radius 3 is 2.56 bits per heavy atom. The number of ether oxygens (including phenoxy) is 1. The molecule has 1 saturated carbocycles. The van der Waals surface area contributed by atoms with E-state index in [9.17, 15) is 14.0 Å². The van der Waals surface area contributed by atoms with Crippen LogP contribution in [0.25, 0.3) is 0 Å². The minimum absolute atomic E-state index is 0.0947. The molecule has 0 unspecified atom stereocenters. The van der Waals surface area contributed by atoms with E-state index < -0.39 is 0 Å². The molecule has 2 aliphatic rings. The largest absolute Gasteiger partial charge is 0.484 e. The van der Waals surface area contributed by atoms with Gasteiger partial charge in [-0.2, -0.15) is 0 Å². The predicted molar refractivity (Wildman–Crippen MR) is 91.6 cm³/mol. The molecule has 6 heteroatoms. The smallest absolute Gasteiger partial charge is 0.260 e. The summed E-state index contributed by atoms with van der Waals surface area (Å²) in [5, 5.41) is 3.13. The molecule has 0 spiro atoms. The van der Waals surface area contributed by atoms with E-state index >= 15 is 0 Å². The van der Waals surface area contributed by atoms with Gasteiger partial charge >= 0.3 is 0 Å². The number of carbonyl (C=O) groups is 2. The number of carbonyl (C=O) groups excluding carboxylic acids is 2. The first-order valence-electron chi connectivity index (χ1n) is 9.08. The highest BCUT2D eigenvalue weighted by molar-refractivity contribution is 5.79. The molecule has 1 saturated heterocycles. The van der Waals surface area contributed by atoms with Gasteiger partial charge in [0, 0.05) is 31.1 Å². The molecule has 136 valence electrons. The Morgan fingerprint density at radius 1 is 1.16 bits per heavy atom. The van der Waals surface area contributed by atoms with E-state index in [1.54, 1.807) is 17.0 Å². The lowest BCUT2D eigenvalue weighted by molar-refractivity contribution is -0.134. The number of hydrogen-bond donors (Lipinski definition) is 1. The molecule has 5 nitrogen and oxygen atoms in total. The number of likely N-dealkylation sites (tertiary alicyclic amines) is 1. The lowest BCUT2D eigenvalue weighted by atomic mass is 10.0. The maximum Gasteiger partial charge on any atom is 0.260 e. The van der Waals surface area contributed by atoms with Crippen LogP contribution in [0.3, 0.4) is 0 Å². The molecule has 2 fully saturated rings. The lowest BCUT2D eigenvalue weighted by Gasteiger charge is -2.32. The third kappa shape index (κ3) is 4.94. The number of rotatable bonds is 5. The zero-order valence-corrected chi connectivity index (χ0v) is 14.4. The zero-order valence-electron chi connectivity index (χ0n) is 14.4. The maximum absolute atomic E-state index is 13.1. The second kappa shape index (κ2) is 8.32. The van der Waals surface area contributed by atoms with Gasteiger partial charge in [0.15, 0.2) is 6.61 Å². The summed E-state index contributed by atoms with van der Waals surface area (Å²) in [6.07, 6.45) is 5.84. The average molecular weight is 348 g/mol. The monoisotopic (exact) mass is 348 g/mol. The Labute approximate surface area is 147 Å². The number of nitrogens with zero attached hydrogens (tertiary/aromatic N) is 1. The average Bonchev–Trinajstić information content (AvgIpc) is 3.15. The molecule has 1 aromatic rings. The van der Waals surface area contributed by atoms with Crippen LogP contribution in [-0.2, 0) is 9.59 Å². The van der Waals surface area contributed by atoms with E-state index in [1.807, 2.05) is 0 Å². The number of nitrogens with one attached hydrogen (secondary N) is 1. The van der Waals surface area contributed by atoms with Crippen molar-refractivity contribution in [2.45, 2.75) is 44.6 Å². The summed E-state index contributed by atoms with van der Waals surface area (Å²) in [6, 6.07) is 5.92. The van der Waals surface area contributed by atoms with Gasteiger partial charge in [-0.3, -0.25) is 9.59 Å². The first-order valence-corrected chi connectivity index (χ1v) is 9.08. The molecular formula is C19H25FN2O3. The molecule has 0 bridgehead atoms. The second-order valence-corrected chi connectivity index (χ2v) is 6.89. The van der Waals surface area contributed by atoms with E-state index in [0.29, 0.717) is 18.8 Å². The molecule has 1 aliphatic carbocycles. The van der Waals surface area contributed by atoms with Crippen LogP contribution in [0.2, 0.25) is 0 Å². The summed E-state index contributed by atoms with van der Waals surface area (Å²) in [4.78, 5) is 26.1. The standard InChI is InChI=1S/C19H25FN2O3/c20-15-6-3-7-17(12-15)25-13-18(23)22-10-8-16(9-11-22)21-19(24)14-4-1-2-5-14/h3,6-7,12,14,16H,1-2,4-5,8-11,13H2,(H,21,24). The van der Waals surface area contributed by atoms with E-state index in [0.717, 1.165) is 38.5 Å². The first kappa shape index (κ1) is 17.7. The van der Waals surface area contributed by atoms with Crippen molar-refractivity contribution >= 4 is 11.8 Å². The number of amides is 2. The third-order valence-electron chi connectivity index (χ3n) is 5.08. The minimum atomic E-state index is -0.385. The van der Waals surface area contributed by atoms with Crippen LogP contribution in [-0.4, -0.2) is 42.5 Å². The van der Waals surface area contributed by atoms with Gasteiger partial charge in [0.2, 0.25) is 5.91 Å². The van der Waals surface area contributed by atoms with Crippen LogP contribution >= 0.6 is 0 Å². The third-order valence-corrected chi connectivity index (χ3v) is 5.08. The Hall–Kier alpha value is -2.11. The van der Waals surface area contributed by atoms with Gasteiger partial charge in [0.25, 0.3) is 5.91 Å². The molecule has 1 heterocycles. The van der Waals surface area contributed by atoms with Gasteiger partial charge in [-0.05, 0) is 37.8 Å². The first-order chi connectivity index (χ1) is 12.1. The summed E-state index contributed by atoms with van der Waals surface area (Å²) < 4.78 is 18.5. The second-order valence-electron chi connectivity index (χ2n) is 6.89. The van der Waals surface area contributed by atoms with Gasteiger partial charge in [-0.15, -0.1) is 0 Å². The van der Waals surface area contributed by atoms with Crippen LogP contribution in [0.1, 0.15) is 38.5 Å². The Morgan fingerprint density at radius 2 is 1.88 bits per heavy atom. The van der Waals surface area contributed by atoms with Crippen molar-refractivity contribution in [2.24, 2.45) is 5.92 Å². The summed E-state index contributed by atoms with van der Waals surface area (Å²) in [6.45, 7) is 1.13. The van der Waals surface area contributed by atoms with Crippen molar-refractivity contribution in [1.29, 1.82) is 0 Å².